The van der Waals surface area contributed by atoms with Crippen molar-refractivity contribution in [2.45, 2.75) is 39.3 Å². The summed E-state index contributed by atoms with van der Waals surface area (Å²) in [7, 11) is 1.53. The molecule has 0 aliphatic carbocycles. The zero-order valence-corrected chi connectivity index (χ0v) is 23.4. The normalized spacial score (nSPS) is 19.6. The smallest absolute Gasteiger partial charge is 0.301 e. The molecular formula is C31H28N2O6S. The molecule has 1 aromatic heterocycles. The fourth-order valence-electron chi connectivity index (χ4n) is 5.32. The minimum Gasteiger partial charge on any atom is -0.507 e. The largest absolute Gasteiger partial charge is 0.507 e. The van der Waals surface area contributed by atoms with Crippen molar-refractivity contribution in [2.75, 3.05) is 18.6 Å². The molecule has 0 unspecified atom stereocenters. The lowest BCUT2D eigenvalue weighted by Crippen LogP contribution is -2.29. The average Bonchev–Trinajstić information content (AvgIpc) is 3.60. The summed E-state index contributed by atoms with van der Waals surface area (Å²) in [6.45, 7) is 6.28. The summed E-state index contributed by atoms with van der Waals surface area (Å²) in [6.07, 6.45) is 0.715. The number of hydrogen-bond donors (Lipinski definition) is 1. The first-order chi connectivity index (χ1) is 19.3. The van der Waals surface area contributed by atoms with E-state index in [-0.39, 0.29) is 17.4 Å². The summed E-state index contributed by atoms with van der Waals surface area (Å²) < 4.78 is 18.0. The standard InChI is InChI=1S/C31H28N2O6S/c1-5-38-23-11-7-18(15-24(23)37-4)27-26(28(34)19-8-10-22-20(14-19)13-17(3)39-22)29(35)30(36)33(27)31-32-21-9-6-16(2)12-25(21)40-31/h6-12,14-15,17,27,34H,5,13H2,1-4H3/b28-26+/t17-,27-/m1/s1. The van der Waals surface area contributed by atoms with Crippen LogP contribution in [0.4, 0.5) is 5.13 Å². The second-order valence-corrected chi connectivity index (χ2v) is 10.9. The van der Waals surface area contributed by atoms with Crippen LogP contribution in [0.1, 0.15) is 42.1 Å². The molecule has 2 aliphatic rings. The number of Topliss-reactive ketones (excluding diaryl/α,β-unsaturated/α-hetero) is 1. The third-order valence-electron chi connectivity index (χ3n) is 7.16. The Balaban J connectivity index is 1.55. The van der Waals surface area contributed by atoms with Crippen LogP contribution >= 0.6 is 11.3 Å². The molecular weight excluding hydrogens is 528 g/mol. The number of ether oxygens (including phenoxy) is 3. The number of carbonyl (C=O) groups excluding carboxylic acids is 2. The molecule has 3 aromatic carbocycles. The number of aliphatic hydroxyl groups is 1. The molecule has 9 heteroatoms. The van der Waals surface area contributed by atoms with E-state index in [1.807, 2.05) is 45.0 Å². The van der Waals surface area contributed by atoms with Gasteiger partial charge in [-0.2, -0.15) is 0 Å². The first-order valence-corrected chi connectivity index (χ1v) is 13.9. The van der Waals surface area contributed by atoms with E-state index in [1.54, 1.807) is 30.3 Å². The minimum absolute atomic E-state index is 0.0152. The summed E-state index contributed by atoms with van der Waals surface area (Å²) >= 11 is 1.33. The van der Waals surface area contributed by atoms with E-state index in [9.17, 15) is 14.7 Å². The van der Waals surface area contributed by atoms with Crippen LogP contribution in [0.3, 0.4) is 0 Å². The number of aliphatic hydroxyl groups excluding tert-OH is 1. The number of fused-ring (bicyclic) bond motifs is 2. The minimum atomic E-state index is -0.935. The number of carbonyl (C=O) groups is 2. The van der Waals surface area contributed by atoms with E-state index in [1.165, 1.54) is 23.3 Å². The Bertz CT molecular complexity index is 1710. The Morgan fingerprint density at radius 2 is 1.95 bits per heavy atom. The Labute approximate surface area is 235 Å². The predicted octanol–water partition coefficient (Wildman–Crippen LogP) is 5.96. The van der Waals surface area contributed by atoms with Crippen LogP contribution in [-0.2, 0) is 16.0 Å². The molecule has 0 bridgehead atoms. The number of thiazole rings is 1. The predicted molar refractivity (Wildman–Crippen MR) is 154 cm³/mol. The van der Waals surface area contributed by atoms with Gasteiger partial charge in [0, 0.05) is 12.0 Å². The molecule has 204 valence electrons. The van der Waals surface area contributed by atoms with Crippen molar-refractivity contribution in [2.24, 2.45) is 0 Å². The number of benzene rings is 3. The van der Waals surface area contributed by atoms with E-state index >= 15 is 0 Å². The Morgan fingerprint density at radius 3 is 2.73 bits per heavy atom. The Hall–Kier alpha value is -4.37. The number of aryl methyl sites for hydroxylation is 1. The first-order valence-electron chi connectivity index (χ1n) is 13.1. The molecule has 0 spiro atoms. The number of amides is 1. The lowest BCUT2D eigenvalue weighted by atomic mass is 9.94. The maximum atomic E-state index is 13.7. The van der Waals surface area contributed by atoms with Crippen LogP contribution in [0.5, 0.6) is 17.2 Å². The molecule has 3 heterocycles. The van der Waals surface area contributed by atoms with Crippen LogP contribution < -0.4 is 19.1 Å². The molecule has 1 fully saturated rings. The van der Waals surface area contributed by atoms with Crippen molar-refractivity contribution in [3.63, 3.8) is 0 Å². The second-order valence-electron chi connectivity index (χ2n) is 9.94. The highest BCUT2D eigenvalue weighted by molar-refractivity contribution is 7.22. The maximum Gasteiger partial charge on any atom is 0.301 e. The molecule has 8 nitrogen and oxygen atoms in total. The number of aromatic nitrogens is 1. The van der Waals surface area contributed by atoms with Gasteiger partial charge in [0.1, 0.15) is 17.6 Å². The number of ketones is 1. The van der Waals surface area contributed by atoms with Crippen LogP contribution in [0, 0.1) is 6.92 Å². The van der Waals surface area contributed by atoms with Crippen LogP contribution in [0.25, 0.3) is 16.0 Å². The Morgan fingerprint density at radius 1 is 1.12 bits per heavy atom. The van der Waals surface area contributed by atoms with Crippen molar-refractivity contribution in [1.29, 1.82) is 0 Å². The van der Waals surface area contributed by atoms with Gasteiger partial charge in [-0.1, -0.05) is 23.5 Å². The zero-order valence-electron chi connectivity index (χ0n) is 22.6. The highest BCUT2D eigenvalue weighted by Crippen LogP contribution is 2.46. The number of methoxy groups -OCH3 is 1. The molecule has 2 aliphatic heterocycles. The fraction of sp³-hybridized carbons (Fsp3) is 0.258. The SMILES string of the molecule is CCOc1ccc([C@@H]2/C(=C(\O)c3ccc4c(c3)C[C@@H](C)O4)C(=O)C(=O)N2c2nc3ccc(C)cc3s2)cc1OC. The second kappa shape index (κ2) is 9.98. The van der Waals surface area contributed by atoms with Gasteiger partial charge < -0.3 is 19.3 Å². The van der Waals surface area contributed by atoms with E-state index in [0.717, 1.165) is 27.1 Å². The summed E-state index contributed by atoms with van der Waals surface area (Å²) in [5, 5.41) is 12.0. The van der Waals surface area contributed by atoms with E-state index in [0.29, 0.717) is 40.8 Å². The highest BCUT2D eigenvalue weighted by atomic mass is 32.1. The van der Waals surface area contributed by atoms with Crippen molar-refractivity contribution < 1.29 is 28.9 Å². The van der Waals surface area contributed by atoms with Gasteiger partial charge >= 0.3 is 5.91 Å². The van der Waals surface area contributed by atoms with Crippen LogP contribution in [0.15, 0.2) is 60.2 Å². The first kappa shape index (κ1) is 25.9. The number of hydrogen-bond acceptors (Lipinski definition) is 8. The number of nitrogens with zero attached hydrogens (tertiary/aromatic N) is 2. The average molecular weight is 557 g/mol. The molecule has 1 N–H and O–H groups in total. The lowest BCUT2D eigenvalue weighted by Gasteiger charge is -2.24. The van der Waals surface area contributed by atoms with Crippen LogP contribution in [0.2, 0.25) is 0 Å². The van der Waals surface area contributed by atoms with E-state index in [4.69, 9.17) is 19.2 Å². The van der Waals surface area contributed by atoms with Crippen molar-refractivity contribution >= 4 is 44.1 Å². The molecule has 0 saturated carbocycles. The van der Waals surface area contributed by atoms with Gasteiger partial charge in [0.15, 0.2) is 16.6 Å². The van der Waals surface area contributed by atoms with Gasteiger partial charge in [0.25, 0.3) is 5.78 Å². The van der Waals surface area contributed by atoms with E-state index in [2.05, 4.69) is 0 Å². The monoisotopic (exact) mass is 556 g/mol. The molecule has 4 aromatic rings. The molecule has 6 rings (SSSR count). The topological polar surface area (TPSA) is 98.2 Å². The van der Waals surface area contributed by atoms with Crippen LogP contribution in [-0.4, -0.2) is 41.6 Å². The third-order valence-corrected chi connectivity index (χ3v) is 8.17. The molecule has 1 saturated heterocycles. The molecule has 0 radical (unpaired) electrons. The van der Waals surface area contributed by atoms with Crippen molar-refractivity contribution in [1.82, 2.24) is 4.98 Å². The van der Waals surface area contributed by atoms with Gasteiger partial charge in [-0.3, -0.25) is 14.5 Å². The summed E-state index contributed by atoms with van der Waals surface area (Å²) in [5.41, 5.74) is 3.73. The van der Waals surface area contributed by atoms with Gasteiger partial charge in [-0.15, -0.1) is 0 Å². The molecule has 1 amide bonds. The summed E-state index contributed by atoms with van der Waals surface area (Å²) in [5.74, 6) is -0.0493. The molecule has 2 atom stereocenters. The maximum absolute atomic E-state index is 13.7. The summed E-state index contributed by atoms with van der Waals surface area (Å²) in [6, 6.07) is 15.5. The van der Waals surface area contributed by atoms with E-state index < -0.39 is 17.7 Å². The molecule has 40 heavy (non-hydrogen) atoms. The summed E-state index contributed by atoms with van der Waals surface area (Å²) in [4.78, 5) is 33.4. The van der Waals surface area contributed by atoms with Crippen molar-refractivity contribution in [3.05, 3.63) is 82.4 Å². The zero-order chi connectivity index (χ0) is 28.1. The van der Waals surface area contributed by atoms with Gasteiger partial charge in [-0.25, -0.2) is 4.98 Å². The quantitative estimate of drug-likeness (QED) is 0.178. The highest BCUT2D eigenvalue weighted by Gasteiger charge is 2.48. The van der Waals surface area contributed by atoms with Crippen molar-refractivity contribution in [3.8, 4) is 17.2 Å². The fourth-order valence-corrected chi connectivity index (χ4v) is 6.41. The van der Waals surface area contributed by atoms with Gasteiger partial charge in [0.05, 0.1) is 35.5 Å². The van der Waals surface area contributed by atoms with Gasteiger partial charge in [-0.05, 0) is 79.9 Å². The lowest BCUT2D eigenvalue weighted by molar-refractivity contribution is -0.132. The number of rotatable bonds is 6. The van der Waals surface area contributed by atoms with Gasteiger partial charge in [0.2, 0.25) is 0 Å². The number of anilines is 1. The third kappa shape index (κ3) is 4.26. The Kier molecular flexibility index (Phi) is 6.46.